The zero-order valence-corrected chi connectivity index (χ0v) is 26.1. The molecular formula is C34H32N4O5S2. The van der Waals surface area contributed by atoms with Gasteiger partial charge in [0.05, 0.1) is 29.1 Å². The quantitative estimate of drug-likeness (QED) is 0.142. The van der Waals surface area contributed by atoms with Gasteiger partial charge in [-0.15, -0.1) is 0 Å². The first-order valence-electron chi connectivity index (χ1n) is 14.2. The Balaban J connectivity index is 1.57. The van der Waals surface area contributed by atoms with Crippen molar-refractivity contribution in [2.24, 2.45) is 0 Å². The number of imidazole rings is 1. The summed E-state index contributed by atoms with van der Waals surface area (Å²) in [6.07, 6.45) is 5.17. The predicted octanol–water partition coefficient (Wildman–Crippen LogP) is 6.08. The molecule has 0 aliphatic heterocycles. The van der Waals surface area contributed by atoms with Crippen molar-refractivity contribution >= 4 is 39.3 Å². The van der Waals surface area contributed by atoms with Gasteiger partial charge in [-0.1, -0.05) is 72.8 Å². The molecule has 0 saturated carbocycles. The summed E-state index contributed by atoms with van der Waals surface area (Å²) in [6, 6.07) is 29.2. The van der Waals surface area contributed by atoms with E-state index in [1.54, 1.807) is 42.6 Å². The molecule has 5 aromatic rings. The first kappa shape index (κ1) is 31.6. The van der Waals surface area contributed by atoms with E-state index in [4.69, 9.17) is 0 Å². The maximum atomic E-state index is 14.2. The number of hydrogen-bond donors (Lipinski definition) is 3. The van der Waals surface area contributed by atoms with Crippen molar-refractivity contribution in [2.75, 3.05) is 16.3 Å². The molecular weight excluding hydrogens is 609 g/mol. The first-order chi connectivity index (χ1) is 21.8. The minimum atomic E-state index is -4.10. The predicted molar refractivity (Wildman–Crippen MR) is 178 cm³/mol. The Bertz CT molecular complexity index is 1850. The Kier molecular flexibility index (Phi) is 10.0. The lowest BCUT2D eigenvalue weighted by molar-refractivity contribution is -0.139. The van der Waals surface area contributed by atoms with Gasteiger partial charge < -0.3 is 15.4 Å². The number of nitrogens with one attached hydrogen (secondary N) is 2. The Morgan fingerprint density at radius 3 is 2.16 bits per heavy atom. The topological polar surface area (TPSA) is 132 Å². The molecule has 1 atom stereocenters. The molecule has 3 N–H and O–H groups in total. The van der Waals surface area contributed by atoms with Gasteiger partial charge in [-0.3, -0.25) is 9.10 Å². The number of H-pyrrole nitrogens is 1. The summed E-state index contributed by atoms with van der Waals surface area (Å²) < 4.78 is 29.7. The number of aliphatic carboxylic acids is 1. The van der Waals surface area contributed by atoms with Gasteiger partial charge in [0.1, 0.15) is 6.04 Å². The fourth-order valence-electron chi connectivity index (χ4n) is 4.89. The molecule has 230 valence electrons. The number of aromatic nitrogens is 2. The molecule has 11 heteroatoms. The van der Waals surface area contributed by atoms with E-state index in [0.717, 1.165) is 11.1 Å². The van der Waals surface area contributed by atoms with E-state index in [1.165, 1.54) is 28.5 Å². The van der Waals surface area contributed by atoms with Gasteiger partial charge in [-0.25, -0.2) is 18.2 Å². The van der Waals surface area contributed by atoms with Crippen LogP contribution < -0.4 is 9.62 Å². The van der Waals surface area contributed by atoms with Crippen LogP contribution in [0.1, 0.15) is 22.5 Å². The second kappa shape index (κ2) is 14.3. The molecule has 0 fully saturated rings. The molecule has 45 heavy (non-hydrogen) atoms. The highest BCUT2D eigenvalue weighted by molar-refractivity contribution is 7.98. The highest BCUT2D eigenvalue weighted by Crippen LogP contribution is 2.33. The van der Waals surface area contributed by atoms with Crippen LogP contribution in [0.5, 0.6) is 0 Å². The number of thioether (sulfide) groups is 1. The Hall–Kier alpha value is -4.87. The minimum absolute atomic E-state index is 0.0433. The number of amides is 1. The zero-order chi connectivity index (χ0) is 31.8. The molecule has 0 saturated heterocycles. The number of carboxylic acids is 1. The average molecular weight is 641 g/mol. The summed E-state index contributed by atoms with van der Waals surface area (Å²) >= 11 is 1.49. The fraction of sp³-hybridized carbons (Fsp3) is 0.147. The molecule has 0 bridgehead atoms. The van der Waals surface area contributed by atoms with Crippen molar-refractivity contribution in [3.05, 3.63) is 127 Å². The largest absolute Gasteiger partial charge is 0.480 e. The van der Waals surface area contributed by atoms with E-state index >= 15 is 0 Å². The third kappa shape index (κ3) is 7.44. The van der Waals surface area contributed by atoms with Gasteiger partial charge in [-0.05, 0) is 71.0 Å². The molecule has 0 aliphatic rings. The van der Waals surface area contributed by atoms with E-state index in [2.05, 4.69) is 15.3 Å². The van der Waals surface area contributed by atoms with Gasteiger partial charge in [0.15, 0.2) is 0 Å². The van der Waals surface area contributed by atoms with Crippen molar-refractivity contribution in [3.8, 4) is 22.3 Å². The maximum Gasteiger partial charge on any atom is 0.326 e. The summed E-state index contributed by atoms with van der Waals surface area (Å²) in [5, 5.41) is 12.3. The molecule has 4 aromatic carbocycles. The molecule has 1 aromatic heterocycles. The average Bonchev–Trinajstić information content (AvgIpc) is 3.59. The van der Waals surface area contributed by atoms with Crippen LogP contribution in [0.2, 0.25) is 0 Å². The third-order valence-electron chi connectivity index (χ3n) is 7.25. The number of benzene rings is 4. The van der Waals surface area contributed by atoms with E-state index in [0.29, 0.717) is 28.3 Å². The Morgan fingerprint density at radius 2 is 1.56 bits per heavy atom. The highest BCUT2D eigenvalue weighted by atomic mass is 32.2. The van der Waals surface area contributed by atoms with Crippen LogP contribution in [0.25, 0.3) is 22.3 Å². The number of carboxylic acid groups (broad SMARTS) is 1. The Morgan fingerprint density at radius 1 is 0.911 bits per heavy atom. The summed E-state index contributed by atoms with van der Waals surface area (Å²) in [5.41, 5.74) is 4.11. The molecule has 0 spiro atoms. The summed E-state index contributed by atoms with van der Waals surface area (Å²) in [4.78, 5) is 32.5. The molecule has 0 unspecified atom stereocenters. The van der Waals surface area contributed by atoms with Gasteiger partial charge in [0.2, 0.25) is 0 Å². The van der Waals surface area contributed by atoms with E-state index in [9.17, 15) is 23.1 Å². The lowest BCUT2D eigenvalue weighted by Gasteiger charge is -2.25. The lowest BCUT2D eigenvalue weighted by atomic mass is 9.98. The van der Waals surface area contributed by atoms with Crippen LogP contribution in [0.15, 0.2) is 121 Å². The van der Waals surface area contributed by atoms with Crippen LogP contribution in [0.3, 0.4) is 0 Å². The molecule has 0 radical (unpaired) electrons. The minimum Gasteiger partial charge on any atom is -0.480 e. The number of anilines is 1. The summed E-state index contributed by atoms with van der Waals surface area (Å²) in [5.74, 6) is -1.12. The summed E-state index contributed by atoms with van der Waals surface area (Å²) in [7, 11) is -4.10. The van der Waals surface area contributed by atoms with Crippen molar-refractivity contribution in [3.63, 3.8) is 0 Å². The van der Waals surface area contributed by atoms with Crippen molar-refractivity contribution in [2.45, 2.75) is 23.9 Å². The van der Waals surface area contributed by atoms with Gasteiger partial charge in [0.25, 0.3) is 15.9 Å². The van der Waals surface area contributed by atoms with E-state index in [1.807, 2.05) is 66.9 Å². The Labute approximate surface area is 266 Å². The van der Waals surface area contributed by atoms with Crippen molar-refractivity contribution in [1.29, 1.82) is 0 Å². The van der Waals surface area contributed by atoms with Crippen LogP contribution in [-0.4, -0.2) is 53.4 Å². The molecule has 9 nitrogen and oxygen atoms in total. The maximum absolute atomic E-state index is 14.2. The SMILES string of the molecule is CSCC[C@H](NC(=O)c1ccc(N(Cc2cnc[nH]2)S(=O)(=O)c2ccc(-c3ccccc3)cc2)cc1-c1ccccc1)C(=O)O. The standard InChI is InChI=1S/C34H32N4O5S2/c1-44-19-18-32(34(40)41)37-33(39)30-17-14-28(20-31(30)26-10-6-3-7-11-26)38(22-27-21-35-23-36-27)45(42,43)29-15-12-25(13-16-29)24-8-4-2-5-9-24/h2-17,20-21,23,32H,18-19,22H2,1H3,(H,35,36)(H,37,39)(H,40,41)/t32-/m0/s1. The number of hydrogen-bond acceptors (Lipinski definition) is 6. The van der Waals surface area contributed by atoms with E-state index < -0.39 is 27.9 Å². The number of rotatable bonds is 13. The smallest absolute Gasteiger partial charge is 0.326 e. The molecule has 5 rings (SSSR count). The molecule has 1 amide bonds. The monoisotopic (exact) mass is 640 g/mol. The number of carbonyl (C=O) groups excluding carboxylic acids is 1. The van der Waals surface area contributed by atoms with Crippen LogP contribution in [0, 0.1) is 0 Å². The zero-order valence-electron chi connectivity index (χ0n) is 24.5. The van der Waals surface area contributed by atoms with Gasteiger partial charge in [0, 0.05) is 11.8 Å². The second-order valence-electron chi connectivity index (χ2n) is 10.2. The number of nitrogens with zero attached hydrogens (tertiary/aromatic N) is 2. The highest BCUT2D eigenvalue weighted by Gasteiger charge is 2.28. The van der Waals surface area contributed by atoms with E-state index in [-0.39, 0.29) is 23.4 Å². The molecule has 1 heterocycles. The third-order valence-corrected chi connectivity index (χ3v) is 9.68. The molecule has 0 aliphatic carbocycles. The second-order valence-corrected chi connectivity index (χ2v) is 13.1. The van der Waals surface area contributed by atoms with Crippen LogP contribution in [-0.2, 0) is 21.4 Å². The summed E-state index contributed by atoms with van der Waals surface area (Å²) in [6.45, 7) is -0.0433. The van der Waals surface area contributed by atoms with Gasteiger partial charge in [-0.2, -0.15) is 11.8 Å². The number of carbonyl (C=O) groups is 2. The fourth-order valence-corrected chi connectivity index (χ4v) is 6.80. The van der Waals surface area contributed by atoms with Gasteiger partial charge >= 0.3 is 5.97 Å². The lowest BCUT2D eigenvalue weighted by Crippen LogP contribution is -2.41. The normalized spacial score (nSPS) is 11.9. The number of aromatic amines is 1. The van der Waals surface area contributed by atoms with Crippen molar-refractivity contribution in [1.82, 2.24) is 15.3 Å². The van der Waals surface area contributed by atoms with Crippen LogP contribution >= 0.6 is 11.8 Å². The van der Waals surface area contributed by atoms with Crippen molar-refractivity contribution < 1.29 is 23.1 Å². The van der Waals surface area contributed by atoms with Crippen LogP contribution in [0.4, 0.5) is 5.69 Å². The number of sulfonamides is 1. The first-order valence-corrected chi connectivity index (χ1v) is 17.0.